The number of rotatable bonds is 3. The largest absolute Gasteiger partial charge is 0.480 e. The van der Waals surface area contributed by atoms with Crippen molar-refractivity contribution in [3.8, 4) is 17.1 Å². The Balaban J connectivity index is 1.35. The standard InChI is InChI=1S/C24H27ClN8O/c1-13-23(33-10-8-24(9-11-33)7-3-4-16(24)26)30-22-21(28-13)19(31-32-22)14-5-6-15-20(18(14)25)29-17(34-2)12-27-15/h5-6,12,16H,3-4,7-11,26H2,1-2H3,(H,30,31,32)/t16-/m1/s1. The molecule has 1 spiro atoms. The molecule has 3 aromatic heterocycles. The topological polar surface area (TPSA) is 119 Å². The summed E-state index contributed by atoms with van der Waals surface area (Å²) in [6.07, 6.45) is 7.44. The van der Waals surface area contributed by atoms with E-state index in [0.717, 1.165) is 49.4 Å². The number of aromatic nitrogens is 6. The summed E-state index contributed by atoms with van der Waals surface area (Å²) in [7, 11) is 1.55. The number of nitrogens with zero attached hydrogens (tertiary/aromatic N) is 6. The van der Waals surface area contributed by atoms with E-state index in [1.54, 1.807) is 13.3 Å². The van der Waals surface area contributed by atoms with Gasteiger partial charge >= 0.3 is 0 Å². The quantitative estimate of drug-likeness (QED) is 0.453. The van der Waals surface area contributed by atoms with Crippen molar-refractivity contribution < 1.29 is 4.74 Å². The normalized spacial score (nSPS) is 20.0. The predicted octanol–water partition coefficient (Wildman–Crippen LogP) is 4.03. The summed E-state index contributed by atoms with van der Waals surface area (Å²) in [5.41, 5.74) is 11.6. The minimum Gasteiger partial charge on any atom is -0.480 e. The van der Waals surface area contributed by atoms with Gasteiger partial charge in [-0.2, -0.15) is 5.10 Å². The molecule has 2 aliphatic rings. The molecule has 3 N–H and O–H groups in total. The van der Waals surface area contributed by atoms with E-state index < -0.39 is 0 Å². The first-order valence-corrected chi connectivity index (χ1v) is 12.1. The number of hydrogen-bond donors (Lipinski definition) is 2. The predicted molar refractivity (Wildman–Crippen MR) is 132 cm³/mol. The van der Waals surface area contributed by atoms with Gasteiger partial charge in [-0.25, -0.2) is 19.9 Å². The second-order valence-corrected chi connectivity index (χ2v) is 9.84. The zero-order valence-electron chi connectivity index (χ0n) is 19.3. The van der Waals surface area contributed by atoms with Crippen LogP contribution in [0.4, 0.5) is 5.82 Å². The van der Waals surface area contributed by atoms with E-state index in [0.29, 0.717) is 50.3 Å². The van der Waals surface area contributed by atoms with E-state index in [2.05, 4.69) is 25.1 Å². The summed E-state index contributed by atoms with van der Waals surface area (Å²) in [5, 5.41) is 8.03. The number of halogens is 1. The SMILES string of the molecule is COc1cnc2ccc(-c3n[nH]c4nc(N5CCC6(CCC[C@H]6N)CC5)c(C)nc34)c(Cl)c2n1. The number of fused-ring (bicyclic) bond motifs is 2. The summed E-state index contributed by atoms with van der Waals surface area (Å²) in [6.45, 7) is 3.90. The molecular weight excluding hydrogens is 452 g/mol. The highest BCUT2D eigenvalue weighted by Gasteiger charge is 2.43. The highest BCUT2D eigenvalue weighted by atomic mass is 35.5. The number of aromatic amines is 1. The number of benzene rings is 1. The highest BCUT2D eigenvalue weighted by Crippen LogP contribution is 2.46. The molecule has 4 heterocycles. The molecule has 1 aliphatic heterocycles. The zero-order chi connectivity index (χ0) is 23.4. The van der Waals surface area contributed by atoms with Gasteiger partial charge in [-0.15, -0.1) is 0 Å². The van der Waals surface area contributed by atoms with Gasteiger partial charge in [0.2, 0.25) is 5.88 Å². The molecule has 0 unspecified atom stereocenters. The van der Waals surface area contributed by atoms with E-state index in [1.807, 2.05) is 19.1 Å². The van der Waals surface area contributed by atoms with Gasteiger partial charge in [0.1, 0.15) is 16.7 Å². The number of aryl methyl sites for hydroxylation is 1. The van der Waals surface area contributed by atoms with E-state index in [-0.39, 0.29) is 0 Å². The molecule has 2 fully saturated rings. The van der Waals surface area contributed by atoms with Crippen LogP contribution in [-0.4, -0.2) is 56.4 Å². The van der Waals surface area contributed by atoms with E-state index in [1.165, 1.54) is 12.8 Å². The van der Waals surface area contributed by atoms with Crippen LogP contribution in [-0.2, 0) is 0 Å². The summed E-state index contributed by atoms with van der Waals surface area (Å²) < 4.78 is 5.21. The molecule has 0 amide bonds. The molecule has 9 nitrogen and oxygen atoms in total. The fraction of sp³-hybridized carbons (Fsp3) is 0.458. The van der Waals surface area contributed by atoms with Crippen LogP contribution in [0.1, 0.15) is 37.8 Å². The first-order valence-electron chi connectivity index (χ1n) is 11.7. The van der Waals surface area contributed by atoms with Crippen LogP contribution in [0.25, 0.3) is 33.5 Å². The molecule has 1 saturated heterocycles. The number of anilines is 1. The van der Waals surface area contributed by atoms with Crippen LogP contribution < -0.4 is 15.4 Å². The first kappa shape index (κ1) is 21.5. The van der Waals surface area contributed by atoms with Gasteiger partial charge < -0.3 is 15.4 Å². The third-order valence-electron chi connectivity index (χ3n) is 7.67. The van der Waals surface area contributed by atoms with E-state index in [4.69, 9.17) is 32.0 Å². The maximum absolute atomic E-state index is 6.75. The monoisotopic (exact) mass is 478 g/mol. The average molecular weight is 479 g/mol. The molecule has 0 bridgehead atoms. The fourth-order valence-electron chi connectivity index (χ4n) is 5.66. The second kappa shape index (κ2) is 8.02. The average Bonchev–Trinajstić information content (AvgIpc) is 3.42. The lowest BCUT2D eigenvalue weighted by Crippen LogP contribution is -2.47. The van der Waals surface area contributed by atoms with Gasteiger partial charge in [0.15, 0.2) is 11.5 Å². The Morgan fingerprint density at radius 3 is 2.71 bits per heavy atom. The number of nitrogens with two attached hydrogens (primary N) is 1. The Bertz CT molecular complexity index is 1400. The molecule has 34 heavy (non-hydrogen) atoms. The van der Waals surface area contributed by atoms with Crippen LogP contribution in [0, 0.1) is 12.3 Å². The second-order valence-electron chi connectivity index (χ2n) is 9.46. The minimum absolute atomic E-state index is 0.307. The number of methoxy groups -OCH3 is 1. The van der Waals surface area contributed by atoms with E-state index >= 15 is 0 Å². The molecule has 1 aliphatic carbocycles. The van der Waals surface area contributed by atoms with Crippen LogP contribution in [0.15, 0.2) is 18.3 Å². The highest BCUT2D eigenvalue weighted by molar-refractivity contribution is 6.38. The van der Waals surface area contributed by atoms with Crippen molar-refractivity contribution in [3.63, 3.8) is 0 Å². The molecule has 10 heteroatoms. The Morgan fingerprint density at radius 1 is 1.15 bits per heavy atom. The molecule has 1 aromatic carbocycles. The molecular formula is C24H27ClN8O. The summed E-state index contributed by atoms with van der Waals surface area (Å²) in [6, 6.07) is 4.09. The van der Waals surface area contributed by atoms with E-state index in [9.17, 15) is 0 Å². The van der Waals surface area contributed by atoms with Crippen molar-refractivity contribution in [2.24, 2.45) is 11.1 Å². The van der Waals surface area contributed by atoms with Crippen molar-refractivity contribution in [1.29, 1.82) is 0 Å². The number of hydrogen-bond acceptors (Lipinski definition) is 8. The molecule has 1 atom stereocenters. The van der Waals surface area contributed by atoms with Gasteiger partial charge in [0.05, 0.1) is 29.5 Å². The van der Waals surface area contributed by atoms with Gasteiger partial charge in [0.25, 0.3) is 0 Å². The maximum Gasteiger partial charge on any atom is 0.232 e. The van der Waals surface area contributed by atoms with Crippen molar-refractivity contribution in [1.82, 2.24) is 30.1 Å². The molecule has 6 rings (SSSR count). The van der Waals surface area contributed by atoms with Crippen molar-refractivity contribution in [2.45, 2.75) is 45.1 Å². The van der Waals surface area contributed by atoms with Gasteiger partial charge in [0, 0.05) is 24.7 Å². The third-order valence-corrected chi connectivity index (χ3v) is 8.06. The lowest BCUT2D eigenvalue weighted by Gasteiger charge is -2.42. The molecule has 0 radical (unpaired) electrons. The third kappa shape index (κ3) is 3.29. The molecule has 4 aromatic rings. The van der Waals surface area contributed by atoms with Gasteiger partial charge in [-0.1, -0.05) is 18.0 Å². The lowest BCUT2D eigenvalue weighted by atomic mass is 9.74. The van der Waals surface area contributed by atoms with Crippen molar-refractivity contribution in [2.75, 3.05) is 25.1 Å². The summed E-state index contributed by atoms with van der Waals surface area (Å²) >= 11 is 6.75. The zero-order valence-corrected chi connectivity index (χ0v) is 20.1. The molecule has 1 saturated carbocycles. The van der Waals surface area contributed by atoms with Crippen molar-refractivity contribution >= 4 is 39.6 Å². The first-order chi connectivity index (χ1) is 16.5. The number of nitrogens with one attached hydrogen (secondary N) is 1. The molecule has 176 valence electrons. The summed E-state index contributed by atoms with van der Waals surface area (Å²) in [5.74, 6) is 1.31. The van der Waals surface area contributed by atoms with Crippen LogP contribution >= 0.6 is 11.6 Å². The minimum atomic E-state index is 0.307. The maximum atomic E-state index is 6.75. The number of ether oxygens (including phenoxy) is 1. The Hall–Kier alpha value is -3.04. The Kier molecular flexibility index (Phi) is 5.07. The Morgan fingerprint density at radius 2 is 1.97 bits per heavy atom. The van der Waals surface area contributed by atoms with Gasteiger partial charge in [-0.05, 0) is 50.2 Å². The van der Waals surface area contributed by atoms with Crippen LogP contribution in [0.2, 0.25) is 5.02 Å². The Labute approximate surface area is 202 Å². The van der Waals surface area contributed by atoms with Crippen LogP contribution in [0.5, 0.6) is 5.88 Å². The summed E-state index contributed by atoms with van der Waals surface area (Å²) in [4.78, 5) is 21.0. The van der Waals surface area contributed by atoms with Gasteiger partial charge in [-0.3, -0.25) is 5.10 Å². The number of H-pyrrole nitrogens is 1. The number of piperidine rings is 1. The lowest BCUT2D eigenvalue weighted by molar-refractivity contribution is 0.197. The fourth-order valence-corrected chi connectivity index (χ4v) is 5.95. The van der Waals surface area contributed by atoms with Crippen LogP contribution in [0.3, 0.4) is 0 Å². The smallest absolute Gasteiger partial charge is 0.232 e. The van der Waals surface area contributed by atoms with Crippen molar-refractivity contribution in [3.05, 3.63) is 29.0 Å².